The molecule has 0 aliphatic carbocycles. The van der Waals surface area contributed by atoms with Crippen LogP contribution in [0.2, 0.25) is 0 Å². The first kappa shape index (κ1) is 23.2. The number of hydrogen-bond acceptors (Lipinski definition) is 6. The molecule has 33 heavy (non-hydrogen) atoms. The zero-order valence-electron chi connectivity index (χ0n) is 19.3. The van der Waals surface area contributed by atoms with Crippen LogP contribution < -0.4 is 5.48 Å². The molecule has 7 heteroatoms. The fourth-order valence-corrected chi connectivity index (χ4v) is 4.11. The molecule has 174 valence electrons. The molecule has 0 radical (unpaired) electrons. The maximum atomic E-state index is 12.6. The number of hydroxylamine groups is 1. The molecule has 1 N–H and O–H groups in total. The Labute approximate surface area is 195 Å². The van der Waals surface area contributed by atoms with Crippen LogP contribution in [0.5, 0.6) is 0 Å². The van der Waals surface area contributed by atoms with E-state index < -0.39 is 0 Å². The quantitative estimate of drug-likeness (QED) is 0.363. The lowest BCUT2D eigenvalue weighted by Crippen LogP contribution is -2.27. The topological polar surface area (TPSA) is 72.4 Å². The van der Waals surface area contributed by atoms with Crippen molar-refractivity contribution in [2.45, 2.75) is 26.2 Å². The number of fused-ring (bicyclic) bond motifs is 1. The molecule has 2 aromatic rings. The smallest absolute Gasteiger partial charge is 0.253 e. The average molecular weight is 450 g/mol. The maximum absolute atomic E-state index is 12.6. The predicted octanol–water partition coefficient (Wildman–Crippen LogP) is 4.57. The highest BCUT2D eigenvalue weighted by Crippen LogP contribution is 2.32. The molecule has 0 saturated carbocycles. The first-order valence-corrected chi connectivity index (χ1v) is 11.4. The highest BCUT2D eigenvalue weighted by Gasteiger charge is 2.19. The summed E-state index contributed by atoms with van der Waals surface area (Å²) in [7, 11) is 1.57. The number of carbonyl (C=O) groups is 1. The summed E-state index contributed by atoms with van der Waals surface area (Å²) in [5.74, 6) is 0.841. The van der Waals surface area contributed by atoms with E-state index in [1.165, 1.54) is 0 Å². The average Bonchev–Trinajstić information content (AvgIpc) is 3.31. The van der Waals surface area contributed by atoms with Gasteiger partial charge in [-0.15, -0.1) is 0 Å². The van der Waals surface area contributed by atoms with Crippen LogP contribution in [0.1, 0.15) is 42.1 Å². The first-order chi connectivity index (χ1) is 16.2. The molecule has 2 aromatic carbocycles. The molecular weight excluding hydrogens is 418 g/mol. The van der Waals surface area contributed by atoms with Crippen molar-refractivity contribution in [3.63, 3.8) is 0 Å². The predicted molar refractivity (Wildman–Crippen MR) is 129 cm³/mol. The Morgan fingerprint density at radius 1 is 1.06 bits per heavy atom. The minimum atomic E-state index is 0.119. The molecule has 2 aliphatic heterocycles. The van der Waals surface area contributed by atoms with Gasteiger partial charge in [0.2, 0.25) is 0 Å². The van der Waals surface area contributed by atoms with Crippen molar-refractivity contribution in [3.05, 3.63) is 59.2 Å². The van der Waals surface area contributed by atoms with Gasteiger partial charge in [0, 0.05) is 37.2 Å². The minimum Gasteiger partial charge on any atom is -0.356 e. The maximum Gasteiger partial charge on any atom is 0.253 e. The van der Waals surface area contributed by atoms with Crippen LogP contribution in [0.4, 0.5) is 5.69 Å². The van der Waals surface area contributed by atoms with Gasteiger partial charge in [-0.25, -0.2) is 4.99 Å². The van der Waals surface area contributed by atoms with Gasteiger partial charge in [-0.3, -0.25) is 15.1 Å². The van der Waals surface area contributed by atoms with Crippen LogP contribution in [-0.2, 0) is 14.3 Å². The number of aliphatic imine (C=N–C) groups is 1. The number of nitrogens with one attached hydrogen (secondary N) is 1. The van der Waals surface area contributed by atoms with Crippen molar-refractivity contribution >= 4 is 23.5 Å². The number of amidine groups is 1. The van der Waals surface area contributed by atoms with E-state index in [1.54, 1.807) is 7.11 Å². The van der Waals surface area contributed by atoms with Gasteiger partial charge in [0.05, 0.1) is 19.4 Å². The second-order valence-electron chi connectivity index (χ2n) is 8.15. The van der Waals surface area contributed by atoms with Crippen molar-refractivity contribution < 1.29 is 19.1 Å². The summed E-state index contributed by atoms with van der Waals surface area (Å²) >= 11 is 0. The normalized spacial score (nSPS) is 15.5. The summed E-state index contributed by atoms with van der Waals surface area (Å²) in [6, 6.07) is 14.0. The number of benzene rings is 2. The molecule has 1 amide bonds. The number of rotatable bonds is 8. The summed E-state index contributed by atoms with van der Waals surface area (Å²) < 4.78 is 10.9. The number of amides is 1. The van der Waals surface area contributed by atoms with Gasteiger partial charge in [-0.2, -0.15) is 0 Å². The Bertz CT molecular complexity index is 1020. The van der Waals surface area contributed by atoms with Crippen LogP contribution in [0.25, 0.3) is 17.2 Å². The molecule has 0 spiro atoms. The zero-order chi connectivity index (χ0) is 23.0. The lowest BCUT2D eigenvalue weighted by atomic mass is 9.99. The summed E-state index contributed by atoms with van der Waals surface area (Å²) in [6.45, 7) is 4.97. The van der Waals surface area contributed by atoms with E-state index in [-0.39, 0.29) is 12.7 Å². The summed E-state index contributed by atoms with van der Waals surface area (Å²) in [5.41, 5.74) is 8.67. The molecule has 2 aliphatic rings. The van der Waals surface area contributed by atoms with Crippen LogP contribution in [0.15, 0.2) is 53.0 Å². The number of carbonyl (C=O) groups excluding carboxylic acids is 1. The van der Waals surface area contributed by atoms with Crippen LogP contribution in [-0.4, -0.2) is 56.8 Å². The standard InChI is InChI=1S/C26H31N3O4/c1-3-32-18-33-17-19-14-23-16-22(10-11-24(23)27-25(15-19)28-31-2)20-6-8-21(9-7-20)26(30)29-12-4-5-13-29/h6-11,14,16H,3-5,12-13,15,17-18H2,1-2H3,(H,27,28). The number of ether oxygens (including phenoxy) is 2. The van der Waals surface area contributed by atoms with Gasteiger partial charge in [-0.05, 0) is 60.7 Å². The largest absolute Gasteiger partial charge is 0.356 e. The molecule has 7 nitrogen and oxygen atoms in total. The second-order valence-corrected chi connectivity index (χ2v) is 8.15. The zero-order valence-corrected chi connectivity index (χ0v) is 19.3. The van der Waals surface area contributed by atoms with Crippen LogP contribution in [0.3, 0.4) is 0 Å². The van der Waals surface area contributed by atoms with E-state index in [0.29, 0.717) is 19.6 Å². The van der Waals surface area contributed by atoms with Gasteiger partial charge in [0.25, 0.3) is 5.91 Å². The van der Waals surface area contributed by atoms with Gasteiger partial charge < -0.3 is 14.4 Å². The monoisotopic (exact) mass is 449 g/mol. The summed E-state index contributed by atoms with van der Waals surface area (Å²) in [6.07, 6.45) is 4.89. The molecular formula is C26H31N3O4. The van der Waals surface area contributed by atoms with Crippen molar-refractivity contribution in [1.82, 2.24) is 10.4 Å². The Morgan fingerprint density at radius 3 is 2.55 bits per heavy atom. The third-order valence-corrected chi connectivity index (χ3v) is 5.77. The third kappa shape index (κ3) is 5.87. The lowest BCUT2D eigenvalue weighted by Gasteiger charge is -2.15. The summed E-state index contributed by atoms with van der Waals surface area (Å²) in [4.78, 5) is 24.4. The SMILES string of the molecule is CCOCOCC1=Cc2cc(-c3ccc(C(=O)N4CCCC4)cc3)ccc2N=C(NOC)C1. The van der Waals surface area contributed by atoms with Crippen molar-refractivity contribution in [1.29, 1.82) is 0 Å². The van der Waals surface area contributed by atoms with Crippen LogP contribution in [0, 0.1) is 0 Å². The van der Waals surface area contributed by atoms with Gasteiger partial charge in [-0.1, -0.05) is 24.3 Å². The van der Waals surface area contributed by atoms with Gasteiger partial charge in [0.1, 0.15) is 12.6 Å². The molecule has 1 saturated heterocycles. The van der Waals surface area contributed by atoms with E-state index in [0.717, 1.165) is 65.3 Å². The van der Waals surface area contributed by atoms with E-state index in [2.05, 4.69) is 23.7 Å². The highest BCUT2D eigenvalue weighted by atomic mass is 16.7. The fraction of sp³-hybridized carbons (Fsp3) is 0.385. The van der Waals surface area contributed by atoms with E-state index >= 15 is 0 Å². The summed E-state index contributed by atoms with van der Waals surface area (Å²) in [5, 5.41) is 0. The lowest BCUT2D eigenvalue weighted by molar-refractivity contribution is -0.0411. The Hall–Kier alpha value is -3.00. The Morgan fingerprint density at radius 2 is 1.82 bits per heavy atom. The molecule has 2 heterocycles. The molecule has 0 unspecified atom stereocenters. The molecule has 0 aromatic heterocycles. The number of likely N-dealkylation sites (tertiary alicyclic amines) is 1. The molecule has 4 rings (SSSR count). The Balaban J connectivity index is 1.56. The van der Waals surface area contributed by atoms with Crippen LogP contribution >= 0.6 is 0 Å². The fourth-order valence-electron chi connectivity index (χ4n) is 4.11. The van der Waals surface area contributed by atoms with E-state index in [4.69, 9.17) is 19.3 Å². The van der Waals surface area contributed by atoms with E-state index in [1.807, 2.05) is 42.2 Å². The minimum absolute atomic E-state index is 0.119. The first-order valence-electron chi connectivity index (χ1n) is 11.4. The molecule has 1 fully saturated rings. The molecule has 0 bridgehead atoms. The molecule has 0 atom stereocenters. The second kappa shape index (κ2) is 11.2. The van der Waals surface area contributed by atoms with Crippen molar-refractivity contribution in [2.24, 2.45) is 4.99 Å². The van der Waals surface area contributed by atoms with Crippen molar-refractivity contribution in [3.8, 4) is 11.1 Å². The Kier molecular flexibility index (Phi) is 7.88. The highest BCUT2D eigenvalue weighted by molar-refractivity contribution is 5.95. The van der Waals surface area contributed by atoms with Crippen molar-refractivity contribution in [2.75, 3.05) is 40.2 Å². The number of hydrogen-bond donors (Lipinski definition) is 1. The third-order valence-electron chi connectivity index (χ3n) is 5.77. The number of nitrogens with zero attached hydrogens (tertiary/aromatic N) is 2. The van der Waals surface area contributed by atoms with Gasteiger partial charge >= 0.3 is 0 Å². The van der Waals surface area contributed by atoms with E-state index in [9.17, 15) is 4.79 Å². The van der Waals surface area contributed by atoms with Gasteiger partial charge in [0.15, 0.2) is 0 Å².